The van der Waals surface area contributed by atoms with E-state index in [-0.39, 0.29) is 0 Å². The van der Waals surface area contributed by atoms with E-state index >= 15 is 0 Å². The van der Waals surface area contributed by atoms with E-state index in [4.69, 9.17) is 4.84 Å². The molecule has 0 saturated carbocycles. The fourth-order valence-electron chi connectivity index (χ4n) is 1.82. The fourth-order valence-corrected chi connectivity index (χ4v) is 1.82. The van der Waals surface area contributed by atoms with E-state index in [1.165, 1.54) is 21.9 Å². The van der Waals surface area contributed by atoms with Crippen molar-refractivity contribution in [3.05, 3.63) is 47.5 Å². The second-order valence-electron chi connectivity index (χ2n) is 3.88. The van der Waals surface area contributed by atoms with Gasteiger partial charge in [0, 0.05) is 6.54 Å². The van der Waals surface area contributed by atoms with Crippen molar-refractivity contribution in [1.29, 1.82) is 0 Å². The van der Waals surface area contributed by atoms with Crippen LogP contribution in [0.4, 0.5) is 0 Å². The highest BCUT2D eigenvalue weighted by atomic mass is 16.6. The van der Waals surface area contributed by atoms with E-state index in [1.807, 2.05) is 6.92 Å². The molecule has 2 heteroatoms. The van der Waals surface area contributed by atoms with Gasteiger partial charge in [0.1, 0.15) is 0 Å². The highest BCUT2D eigenvalue weighted by Gasteiger charge is 2.00. The van der Waals surface area contributed by atoms with Crippen LogP contribution in [-0.4, -0.2) is 6.61 Å². The lowest BCUT2D eigenvalue weighted by Gasteiger charge is -2.09. The van der Waals surface area contributed by atoms with Crippen molar-refractivity contribution in [2.75, 3.05) is 6.61 Å². The Kier molecular flexibility index (Phi) is 3.54. The fraction of sp³-hybridized carbons (Fsp3) is 0.286. The van der Waals surface area contributed by atoms with Crippen LogP contribution in [0.3, 0.4) is 0 Å². The van der Waals surface area contributed by atoms with Crippen LogP contribution in [-0.2, 0) is 11.4 Å². The first-order valence-corrected chi connectivity index (χ1v) is 5.64. The van der Waals surface area contributed by atoms with E-state index in [9.17, 15) is 0 Å². The quantitative estimate of drug-likeness (QED) is 0.624. The average molecular weight is 215 g/mol. The minimum absolute atomic E-state index is 0.687. The molecular weight excluding hydrogens is 198 g/mol. The molecule has 0 bridgehead atoms. The smallest absolute Gasteiger partial charge is 0.0654 e. The molecule has 2 aromatic carbocycles. The summed E-state index contributed by atoms with van der Waals surface area (Å²) < 4.78 is 0. The Morgan fingerprint density at radius 1 is 1.12 bits per heavy atom. The Labute approximate surface area is 96.2 Å². The summed E-state index contributed by atoms with van der Waals surface area (Å²) in [6.45, 7) is 5.55. The SMILES string of the molecule is CCONCc1cc2ccccc2cc1C. The number of hydroxylamine groups is 1. The Balaban J connectivity index is 2.27. The molecule has 0 heterocycles. The summed E-state index contributed by atoms with van der Waals surface area (Å²) in [5.41, 5.74) is 5.54. The molecule has 1 N–H and O–H groups in total. The standard InChI is InChI=1S/C14H17NO/c1-3-16-15-10-14-9-13-7-5-4-6-12(13)8-11(14)2/h4-9,15H,3,10H2,1-2H3. The van der Waals surface area contributed by atoms with Crippen molar-refractivity contribution in [3.8, 4) is 0 Å². The number of rotatable bonds is 4. The molecule has 0 spiro atoms. The molecule has 0 aliphatic rings. The molecule has 2 nitrogen and oxygen atoms in total. The van der Waals surface area contributed by atoms with E-state index < -0.39 is 0 Å². The van der Waals surface area contributed by atoms with E-state index in [0.717, 1.165) is 6.54 Å². The summed E-state index contributed by atoms with van der Waals surface area (Å²) in [6, 6.07) is 12.9. The van der Waals surface area contributed by atoms with Gasteiger partial charge in [-0.2, -0.15) is 5.48 Å². The van der Waals surface area contributed by atoms with E-state index in [1.54, 1.807) is 0 Å². The van der Waals surface area contributed by atoms with Crippen LogP contribution in [0.1, 0.15) is 18.1 Å². The Bertz CT molecular complexity index is 479. The summed E-state index contributed by atoms with van der Waals surface area (Å²) in [6.07, 6.45) is 0. The summed E-state index contributed by atoms with van der Waals surface area (Å²) >= 11 is 0. The lowest BCUT2D eigenvalue weighted by atomic mass is 10.0. The summed E-state index contributed by atoms with van der Waals surface area (Å²) in [7, 11) is 0. The summed E-state index contributed by atoms with van der Waals surface area (Å²) in [5, 5.41) is 2.57. The van der Waals surface area contributed by atoms with Gasteiger partial charge in [-0.25, -0.2) is 0 Å². The van der Waals surface area contributed by atoms with Crippen LogP contribution < -0.4 is 5.48 Å². The van der Waals surface area contributed by atoms with Crippen molar-refractivity contribution in [2.24, 2.45) is 0 Å². The maximum atomic E-state index is 5.15. The molecule has 0 aromatic heterocycles. The Morgan fingerprint density at radius 3 is 2.50 bits per heavy atom. The van der Waals surface area contributed by atoms with Crippen molar-refractivity contribution < 1.29 is 4.84 Å². The Hall–Kier alpha value is -1.38. The highest BCUT2D eigenvalue weighted by molar-refractivity contribution is 5.83. The van der Waals surface area contributed by atoms with Gasteiger partial charge in [0.05, 0.1) is 6.61 Å². The molecule has 16 heavy (non-hydrogen) atoms. The largest absolute Gasteiger partial charge is 0.302 e. The van der Waals surface area contributed by atoms with Crippen molar-refractivity contribution in [1.82, 2.24) is 5.48 Å². The third kappa shape index (κ3) is 2.40. The summed E-state index contributed by atoms with van der Waals surface area (Å²) in [5.74, 6) is 0. The number of aryl methyl sites for hydroxylation is 1. The zero-order valence-corrected chi connectivity index (χ0v) is 9.79. The van der Waals surface area contributed by atoms with Crippen LogP contribution in [0.2, 0.25) is 0 Å². The lowest BCUT2D eigenvalue weighted by molar-refractivity contribution is 0.0462. The lowest BCUT2D eigenvalue weighted by Crippen LogP contribution is -2.14. The van der Waals surface area contributed by atoms with Crippen LogP contribution in [0.5, 0.6) is 0 Å². The Morgan fingerprint density at radius 2 is 1.81 bits per heavy atom. The van der Waals surface area contributed by atoms with Gasteiger partial charge in [-0.1, -0.05) is 30.3 Å². The number of fused-ring (bicyclic) bond motifs is 1. The van der Waals surface area contributed by atoms with Crippen LogP contribution in [0.15, 0.2) is 36.4 Å². The average Bonchev–Trinajstić information content (AvgIpc) is 2.30. The topological polar surface area (TPSA) is 21.3 Å². The summed E-state index contributed by atoms with van der Waals surface area (Å²) in [4.78, 5) is 5.15. The van der Waals surface area contributed by atoms with Crippen LogP contribution in [0, 0.1) is 6.92 Å². The molecule has 0 unspecified atom stereocenters. The third-order valence-corrected chi connectivity index (χ3v) is 2.71. The first-order valence-electron chi connectivity index (χ1n) is 5.64. The van der Waals surface area contributed by atoms with Gasteiger partial charge >= 0.3 is 0 Å². The third-order valence-electron chi connectivity index (χ3n) is 2.71. The zero-order valence-electron chi connectivity index (χ0n) is 9.79. The number of benzene rings is 2. The first-order chi connectivity index (χ1) is 7.81. The van der Waals surface area contributed by atoms with Gasteiger partial charge < -0.3 is 4.84 Å². The molecule has 0 atom stereocenters. The van der Waals surface area contributed by atoms with Gasteiger partial charge in [0.2, 0.25) is 0 Å². The first kappa shape index (κ1) is 11.1. The van der Waals surface area contributed by atoms with Gasteiger partial charge in [0.25, 0.3) is 0 Å². The minimum atomic E-state index is 0.687. The van der Waals surface area contributed by atoms with Crippen LogP contribution >= 0.6 is 0 Å². The second-order valence-corrected chi connectivity index (χ2v) is 3.88. The predicted octanol–water partition coefficient (Wildman–Crippen LogP) is 3.19. The molecule has 0 saturated heterocycles. The maximum Gasteiger partial charge on any atom is 0.0654 e. The van der Waals surface area contributed by atoms with Gasteiger partial charge in [-0.3, -0.25) is 0 Å². The number of hydrogen-bond donors (Lipinski definition) is 1. The molecule has 84 valence electrons. The van der Waals surface area contributed by atoms with Gasteiger partial charge in [0.15, 0.2) is 0 Å². The van der Waals surface area contributed by atoms with E-state index in [2.05, 4.69) is 48.8 Å². The van der Waals surface area contributed by atoms with Gasteiger partial charge in [-0.05, 0) is 41.8 Å². The maximum absolute atomic E-state index is 5.15. The molecule has 0 aliphatic carbocycles. The molecule has 0 fully saturated rings. The van der Waals surface area contributed by atoms with Gasteiger partial charge in [-0.15, -0.1) is 0 Å². The normalized spacial score (nSPS) is 10.9. The van der Waals surface area contributed by atoms with Crippen molar-refractivity contribution in [3.63, 3.8) is 0 Å². The molecule has 0 radical (unpaired) electrons. The van der Waals surface area contributed by atoms with Crippen molar-refractivity contribution in [2.45, 2.75) is 20.4 Å². The molecule has 2 aromatic rings. The monoisotopic (exact) mass is 215 g/mol. The molecule has 2 rings (SSSR count). The van der Waals surface area contributed by atoms with E-state index in [0.29, 0.717) is 6.61 Å². The number of nitrogens with one attached hydrogen (secondary N) is 1. The van der Waals surface area contributed by atoms with Crippen molar-refractivity contribution >= 4 is 10.8 Å². The molecule has 0 amide bonds. The predicted molar refractivity (Wildman–Crippen MR) is 67.2 cm³/mol. The molecular formula is C14H17NO. The van der Waals surface area contributed by atoms with Crippen LogP contribution in [0.25, 0.3) is 10.8 Å². The highest BCUT2D eigenvalue weighted by Crippen LogP contribution is 2.19. The zero-order chi connectivity index (χ0) is 11.4. The minimum Gasteiger partial charge on any atom is -0.302 e. The second kappa shape index (κ2) is 5.10. The molecule has 0 aliphatic heterocycles. The number of hydrogen-bond acceptors (Lipinski definition) is 2.